The van der Waals surface area contributed by atoms with Gasteiger partial charge in [-0.25, -0.2) is 9.69 Å². The van der Waals surface area contributed by atoms with E-state index in [0.717, 1.165) is 0 Å². The molecule has 1 fully saturated rings. The molecule has 1 aromatic carbocycles. The van der Waals surface area contributed by atoms with E-state index in [0.29, 0.717) is 21.6 Å². The first-order chi connectivity index (χ1) is 12.2. The van der Waals surface area contributed by atoms with Crippen LogP contribution in [0.2, 0.25) is 0 Å². The van der Waals surface area contributed by atoms with Gasteiger partial charge in [-0.1, -0.05) is 0 Å². The van der Waals surface area contributed by atoms with E-state index >= 15 is 0 Å². The Morgan fingerprint density at radius 1 is 1.38 bits per heavy atom. The Balaban J connectivity index is 2.02. The maximum Gasteiger partial charge on any atom is 0.416 e. The van der Waals surface area contributed by atoms with E-state index in [-0.39, 0.29) is 18.7 Å². The molecule has 2 aromatic rings. The number of methoxy groups -OCH3 is 1. The number of halogens is 3. The molecule has 3 rings (SSSR count). The first-order valence-electron chi connectivity index (χ1n) is 7.89. The molecule has 6 nitrogen and oxygen atoms in total. The molecule has 1 aliphatic heterocycles. The molecule has 0 unspecified atom stereocenters. The van der Waals surface area contributed by atoms with Crippen molar-refractivity contribution < 1.29 is 32.2 Å². The fourth-order valence-corrected chi connectivity index (χ4v) is 3.11. The van der Waals surface area contributed by atoms with Gasteiger partial charge in [-0.05, 0) is 23.8 Å². The third kappa shape index (κ3) is 3.21. The number of alkyl halides is 3. The third-order valence-corrected chi connectivity index (χ3v) is 4.44. The summed E-state index contributed by atoms with van der Waals surface area (Å²) in [5, 5.41) is 0.353. The van der Waals surface area contributed by atoms with Crippen LogP contribution in [-0.4, -0.2) is 47.9 Å². The zero-order valence-electron chi connectivity index (χ0n) is 14.2. The summed E-state index contributed by atoms with van der Waals surface area (Å²) in [6.07, 6.45) is -5.07. The Labute approximate surface area is 147 Å². The summed E-state index contributed by atoms with van der Waals surface area (Å²) in [7, 11) is 3.05. The van der Waals surface area contributed by atoms with Crippen molar-refractivity contribution in [2.75, 3.05) is 20.3 Å². The summed E-state index contributed by atoms with van der Waals surface area (Å²) in [5.74, 6) is -2.53. The highest BCUT2D eigenvalue weighted by molar-refractivity contribution is 5.94. The minimum absolute atomic E-state index is 0.00722. The van der Waals surface area contributed by atoms with Gasteiger partial charge >= 0.3 is 12.3 Å². The summed E-state index contributed by atoms with van der Waals surface area (Å²) in [6.45, 7) is -0.0433. The molecular formula is C17H17F3N2O4. The molecule has 1 aromatic heterocycles. The predicted molar refractivity (Wildman–Crippen MR) is 85.9 cm³/mol. The summed E-state index contributed by atoms with van der Waals surface area (Å²) in [4.78, 5) is 24.4. The van der Waals surface area contributed by atoms with Crippen LogP contribution in [0.5, 0.6) is 5.75 Å². The molecule has 1 saturated heterocycles. The molecule has 0 radical (unpaired) electrons. The molecule has 9 heteroatoms. The number of hydrogen-bond acceptors (Lipinski definition) is 4. The molecule has 140 valence electrons. The first-order valence-corrected chi connectivity index (χ1v) is 7.89. The zero-order chi connectivity index (χ0) is 19.1. The molecule has 1 aliphatic rings. The van der Waals surface area contributed by atoms with Crippen molar-refractivity contribution in [1.82, 2.24) is 9.47 Å². The molecule has 0 bridgehead atoms. The Kier molecular flexibility index (Phi) is 4.55. The summed E-state index contributed by atoms with van der Waals surface area (Å²) in [5.41, 5.74) is 0.554. The second-order valence-electron chi connectivity index (χ2n) is 6.04. The van der Waals surface area contributed by atoms with Gasteiger partial charge in [0.05, 0.1) is 19.6 Å². The maximum atomic E-state index is 13.7. The van der Waals surface area contributed by atoms with E-state index in [1.807, 2.05) is 0 Å². The fourth-order valence-electron chi connectivity index (χ4n) is 3.11. The Bertz CT molecular complexity index is 860. The van der Waals surface area contributed by atoms with Crippen molar-refractivity contribution >= 4 is 22.9 Å². The number of imide groups is 1. The van der Waals surface area contributed by atoms with Gasteiger partial charge in [-0.3, -0.25) is 4.79 Å². The maximum absolute atomic E-state index is 13.7. The molecule has 0 spiro atoms. The highest BCUT2D eigenvalue weighted by atomic mass is 19.4. The molecule has 0 aliphatic carbocycles. The minimum atomic E-state index is -4.66. The van der Waals surface area contributed by atoms with Crippen LogP contribution in [0.3, 0.4) is 0 Å². The minimum Gasteiger partial charge on any atom is -0.497 e. The van der Waals surface area contributed by atoms with Crippen molar-refractivity contribution in [2.24, 2.45) is 7.05 Å². The van der Waals surface area contributed by atoms with Crippen LogP contribution < -0.4 is 4.74 Å². The molecule has 1 atom stereocenters. The average molecular weight is 370 g/mol. The standard InChI is InChI=1S/C17H17F3N2O4/c1-21-9-12(11-7-10(25-2)3-4-14(11)21)13(17(18,19)20)8-15(23)22-5-6-26-16(22)24/h3-4,7,9,13H,5-6,8H2,1-2H3/t13-/m0/s1. The fraction of sp³-hybridized carbons (Fsp3) is 0.412. The predicted octanol–water partition coefficient (Wildman–Crippen LogP) is 3.20. The number of benzene rings is 1. The van der Waals surface area contributed by atoms with Gasteiger partial charge in [-0.15, -0.1) is 0 Å². The number of aromatic nitrogens is 1. The number of fused-ring (bicyclic) bond motifs is 1. The second-order valence-corrected chi connectivity index (χ2v) is 6.04. The van der Waals surface area contributed by atoms with Gasteiger partial charge in [0.15, 0.2) is 0 Å². The van der Waals surface area contributed by atoms with Gasteiger partial charge in [-0.2, -0.15) is 13.2 Å². The number of carbonyl (C=O) groups excluding carboxylic acids is 2. The van der Waals surface area contributed by atoms with E-state index in [1.165, 1.54) is 19.4 Å². The summed E-state index contributed by atoms with van der Waals surface area (Å²) >= 11 is 0. The van der Waals surface area contributed by atoms with Gasteiger partial charge in [0.25, 0.3) is 0 Å². The lowest BCUT2D eigenvalue weighted by Crippen LogP contribution is -2.35. The molecule has 26 heavy (non-hydrogen) atoms. The van der Waals surface area contributed by atoms with Crippen LogP contribution in [0.1, 0.15) is 17.9 Å². The van der Waals surface area contributed by atoms with Crippen LogP contribution in [0.25, 0.3) is 10.9 Å². The second kappa shape index (κ2) is 6.54. The number of carbonyl (C=O) groups is 2. The lowest BCUT2D eigenvalue weighted by atomic mass is 9.94. The number of amides is 2. The Morgan fingerprint density at radius 2 is 2.12 bits per heavy atom. The molecule has 0 N–H and O–H groups in total. The monoisotopic (exact) mass is 370 g/mol. The third-order valence-electron chi connectivity index (χ3n) is 4.44. The van der Waals surface area contributed by atoms with Crippen LogP contribution in [0, 0.1) is 0 Å². The number of cyclic esters (lactones) is 1. The van der Waals surface area contributed by atoms with Crippen molar-refractivity contribution in [3.05, 3.63) is 30.0 Å². The lowest BCUT2D eigenvalue weighted by molar-refractivity contribution is -0.159. The lowest BCUT2D eigenvalue weighted by Gasteiger charge is -2.21. The van der Waals surface area contributed by atoms with Crippen molar-refractivity contribution in [3.63, 3.8) is 0 Å². The van der Waals surface area contributed by atoms with E-state index in [9.17, 15) is 22.8 Å². The van der Waals surface area contributed by atoms with E-state index in [4.69, 9.17) is 4.74 Å². The van der Waals surface area contributed by atoms with Gasteiger partial charge < -0.3 is 14.0 Å². The summed E-state index contributed by atoms with van der Waals surface area (Å²) < 4.78 is 52.5. The van der Waals surface area contributed by atoms with E-state index in [1.54, 1.807) is 23.7 Å². The summed E-state index contributed by atoms with van der Waals surface area (Å²) in [6, 6.07) is 4.82. The van der Waals surface area contributed by atoms with E-state index < -0.39 is 30.5 Å². The average Bonchev–Trinajstić information content (AvgIpc) is 3.15. The molecule has 2 heterocycles. The number of ether oxygens (including phenoxy) is 2. The molecule has 0 saturated carbocycles. The Hall–Kier alpha value is -2.71. The van der Waals surface area contributed by atoms with Crippen molar-refractivity contribution in [1.29, 1.82) is 0 Å². The zero-order valence-corrected chi connectivity index (χ0v) is 14.2. The number of hydrogen-bond donors (Lipinski definition) is 0. The topological polar surface area (TPSA) is 60.8 Å². The van der Waals surface area contributed by atoms with Crippen molar-refractivity contribution in [2.45, 2.75) is 18.5 Å². The van der Waals surface area contributed by atoms with Crippen LogP contribution in [0.4, 0.5) is 18.0 Å². The normalized spacial score (nSPS) is 16.0. The number of aryl methyl sites for hydroxylation is 1. The SMILES string of the molecule is COc1ccc2c(c1)c([C@H](CC(=O)N1CCOC1=O)C(F)(F)F)cn2C. The quantitative estimate of drug-likeness (QED) is 0.829. The van der Waals surface area contributed by atoms with Gasteiger partial charge in [0.1, 0.15) is 12.4 Å². The van der Waals surface area contributed by atoms with Crippen molar-refractivity contribution in [3.8, 4) is 5.75 Å². The van der Waals surface area contributed by atoms with Crippen LogP contribution in [-0.2, 0) is 16.6 Å². The highest BCUT2D eigenvalue weighted by Crippen LogP contribution is 2.42. The molecule has 2 amide bonds. The Morgan fingerprint density at radius 3 is 2.69 bits per heavy atom. The molecular weight excluding hydrogens is 353 g/mol. The number of nitrogens with zero attached hydrogens (tertiary/aromatic N) is 2. The van der Waals surface area contributed by atoms with Crippen LogP contribution >= 0.6 is 0 Å². The first kappa shape index (κ1) is 18.1. The highest BCUT2D eigenvalue weighted by Gasteiger charge is 2.45. The van der Waals surface area contributed by atoms with Gasteiger partial charge in [0, 0.05) is 30.6 Å². The van der Waals surface area contributed by atoms with Gasteiger partial charge in [0.2, 0.25) is 5.91 Å². The largest absolute Gasteiger partial charge is 0.497 e. The van der Waals surface area contributed by atoms with E-state index in [2.05, 4.69) is 4.74 Å². The van der Waals surface area contributed by atoms with Crippen LogP contribution in [0.15, 0.2) is 24.4 Å². The smallest absolute Gasteiger partial charge is 0.416 e. The number of rotatable bonds is 4.